The van der Waals surface area contributed by atoms with E-state index in [4.69, 9.17) is 10.3 Å². The van der Waals surface area contributed by atoms with Crippen molar-refractivity contribution in [3.8, 4) is 0 Å². The molecule has 0 radical (unpaired) electrons. The van der Waals surface area contributed by atoms with Crippen molar-refractivity contribution in [1.29, 1.82) is 0 Å². The summed E-state index contributed by atoms with van der Waals surface area (Å²) in [5, 5.41) is 6.88. The van der Waals surface area contributed by atoms with Crippen LogP contribution >= 0.6 is 0 Å². The van der Waals surface area contributed by atoms with Gasteiger partial charge in [-0.15, -0.1) is 0 Å². The highest BCUT2D eigenvalue weighted by Gasteiger charge is 2.53. The number of rotatable bonds is 4. The maximum absolute atomic E-state index is 13.4. The zero-order valence-electron chi connectivity index (χ0n) is 16.5. The van der Waals surface area contributed by atoms with E-state index in [1.807, 2.05) is 11.9 Å². The number of carbonyl (C=O) groups is 2. The standard InChI is InChI=1S/C20H26N6O3/c1-25-9-7-20(19(28)23-12-15-5-10-29-24-15)6-2-8-26(16(20)13-25)18(27)14-3-4-17(21)22-11-14/h3-5,10-11,16H,2,6-9,12-13H2,1H3,(H2,21,22)(H,23,28)/t16-,20+/m0/s1. The van der Waals surface area contributed by atoms with Crippen molar-refractivity contribution in [2.24, 2.45) is 5.41 Å². The van der Waals surface area contributed by atoms with Gasteiger partial charge < -0.3 is 25.4 Å². The normalized spacial score (nSPS) is 24.7. The average molecular weight is 398 g/mol. The van der Waals surface area contributed by atoms with Crippen LogP contribution in [0.4, 0.5) is 5.82 Å². The second-order valence-corrected chi connectivity index (χ2v) is 7.93. The molecule has 2 fully saturated rings. The Labute approximate surface area is 169 Å². The van der Waals surface area contributed by atoms with Crippen molar-refractivity contribution >= 4 is 17.6 Å². The molecule has 4 rings (SSSR count). The number of likely N-dealkylation sites (N-methyl/N-ethyl adjacent to an activating group) is 1. The number of anilines is 1. The third kappa shape index (κ3) is 3.69. The minimum absolute atomic E-state index is 0.0217. The van der Waals surface area contributed by atoms with Gasteiger partial charge in [-0.25, -0.2) is 4.98 Å². The number of pyridine rings is 1. The number of nitrogen functional groups attached to an aromatic ring is 1. The lowest BCUT2D eigenvalue weighted by Gasteiger charge is -2.53. The molecule has 0 saturated carbocycles. The molecule has 2 aliphatic heterocycles. The van der Waals surface area contributed by atoms with Crippen molar-refractivity contribution in [2.75, 3.05) is 32.4 Å². The number of hydrogen-bond donors (Lipinski definition) is 2. The van der Waals surface area contributed by atoms with Gasteiger partial charge in [-0.05, 0) is 45.0 Å². The van der Waals surface area contributed by atoms with E-state index in [9.17, 15) is 9.59 Å². The van der Waals surface area contributed by atoms with Crippen LogP contribution in [0.2, 0.25) is 0 Å². The number of nitrogens with two attached hydrogens (primary N) is 1. The molecule has 0 spiro atoms. The first-order valence-electron chi connectivity index (χ1n) is 9.88. The predicted octanol–water partition coefficient (Wildman–Crippen LogP) is 0.895. The van der Waals surface area contributed by atoms with Crippen LogP contribution in [0.5, 0.6) is 0 Å². The van der Waals surface area contributed by atoms with Crippen molar-refractivity contribution in [1.82, 2.24) is 25.3 Å². The van der Waals surface area contributed by atoms with Gasteiger partial charge in [-0.1, -0.05) is 5.16 Å². The monoisotopic (exact) mass is 398 g/mol. The maximum Gasteiger partial charge on any atom is 0.255 e. The first-order chi connectivity index (χ1) is 14.0. The van der Waals surface area contributed by atoms with Crippen molar-refractivity contribution in [3.05, 3.63) is 41.9 Å². The van der Waals surface area contributed by atoms with E-state index in [0.717, 1.165) is 19.4 Å². The minimum atomic E-state index is -0.606. The second kappa shape index (κ2) is 7.82. The molecule has 4 heterocycles. The molecular weight excluding hydrogens is 372 g/mol. The molecule has 9 nitrogen and oxygen atoms in total. The average Bonchev–Trinajstić information content (AvgIpc) is 3.25. The summed E-state index contributed by atoms with van der Waals surface area (Å²) in [6.45, 7) is 2.42. The maximum atomic E-state index is 13.4. The van der Waals surface area contributed by atoms with Crippen LogP contribution in [0.15, 0.2) is 35.2 Å². The number of nitrogens with one attached hydrogen (secondary N) is 1. The van der Waals surface area contributed by atoms with E-state index in [0.29, 0.717) is 43.1 Å². The van der Waals surface area contributed by atoms with E-state index in [1.165, 1.54) is 12.5 Å². The summed E-state index contributed by atoms with van der Waals surface area (Å²) in [6, 6.07) is 4.85. The Kier molecular flexibility index (Phi) is 5.23. The zero-order chi connectivity index (χ0) is 20.4. The summed E-state index contributed by atoms with van der Waals surface area (Å²) in [5.41, 5.74) is 6.22. The van der Waals surface area contributed by atoms with Gasteiger partial charge in [0, 0.05) is 25.4 Å². The Morgan fingerprint density at radius 1 is 1.31 bits per heavy atom. The fourth-order valence-electron chi connectivity index (χ4n) is 4.52. The Bertz CT molecular complexity index is 869. The lowest BCUT2D eigenvalue weighted by Crippen LogP contribution is -2.66. The number of hydrogen-bond acceptors (Lipinski definition) is 7. The van der Waals surface area contributed by atoms with Crippen molar-refractivity contribution in [3.63, 3.8) is 0 Å². The zero-order valence-corrected chi connectivity index (χ0v) is 16.5. The Hall–Kier alpha value is -2.94. The highest BCUT2D eigenvalue weighted by molar-refractivity contribution is 5.95. The number of likely N-dealkylation sites (tertiary alicyclic amines) is 2. The van der Waals surface area contributed by atoms with Gasteiger partial charge >= 0.3 is 0 Å². The molecule has 2 aliphatic rings. The molecule has 9 heteroatoms. The number of fused-ring (bicyclic) bond motifs is 1. The number of piperidine rings is 2. The van der Waals surface area contributed by atoms with Gasteiger partial charge in [0.05, 0.1) is 23.6 Å². The van der Waals surface area contributed by atoms with Crippen LogP contribution in [0.25, 0.3) is 0 Å². The first kappa shape index (κ1) is 19.4. The van der Waals surface area contributed by atoms with E-state index < -0.39 is 5.41 Å². The van der Waals surface area contributed by atoms with Crippen LogP contribution in [0.3, 0.4) is 0 Å². The predicted molar refractivity (Wildman–Crippen MR) is 106 cm³/mol. The molecule has 2 saturated heterocycles. The van der Waals surface area contributed by atoms with Gasteiger partial charge in [0.2, 0.25) is 5.91 Å². The molecule has 2 amide bonds. The summed E-state index contributed by atoms with van der Waals surface area (Å²) in [5.74, 6) is 0.247. The third-order valence-corrected chi connectivity index (χ3v) is 6.13. The highest BCUT2D eigenvalue weighted by Crippen LogP contribution is 2.43. The molecule has 0 unspecified atom stereocenters. The van der Waals surface area contributed by atoms with Gasteiger partial charge in [-0.3, -0.25) is 9.59 Å². The van der Waals surface area contributed by atoms with Crippen LogP contribution in [0.1, 0.15) is 35.3 Å². The molecule has 0 aromatic carbocycles. The number of amides is 2. The van der Waals surface area contributed by atoms with Crippen LogP contribution in [-0.2, 0) is 11.3 Å². The largest absolute Gasteiger partial charge is 0.384 e. The Morgan fingerprint density at radius 2 is 2.17 bits per heavy atom. The second-order valence-electron chi connectivity index (χ2n) is 7.93. The Balaban J connectivity index is 1.58. The number of nitrogens with zero attached hydrogens (tertiary/aromatic N) is 4. The van der Waals surface area contributed by atoms with Crippen LogP contribution < -0.4 is 11.1 Å². The smallest absolute Gasteiger partial charge is 0.255 e. The molecule has 29 heavy (non-hydrogen) atoms. The summed E-state index contributed by atoms with van der Waals surface area (Å²) in [7, 11) is 2.03. The van der Waals surface area contributed by atoms with Crippen LogP contribution in [-0.4, -0.2) is 64.5 Å². The van der Waals surface area contributed by atoms with E-state index >= 15 is 0 Å². The van der Waals surface area contributed by atoms with E-state index in [-0.39, 0.29) is 17.9 Å². The summed E-state index contributed by atoms with van der Waals surface area (Å²) in [6.07, 6.45) is 5.25. The summed E-state index contributed by atoms with van der Waals surface area (Å²) >= 11 is 0. The number of carbonyl (C=O) groups excluding carboxylic acids is 2. The van der Waals surface area contributed by atoms with E-state index in [1.54, 1.807) is 18.2 Å². The molecule has 2 aromatic heterocycles. The van der Waals surface area contributed by atoms with Crippen molar-refractivity contribution in [2.45, 2.75) is 31.8 Å². The van der Waals surface area contributed by atoms with Gasteiger partial charge in [0.1, 0.15) is 17.8 Å². The minimum Gasteiger partial charge on any atom is -0.384 e. The molecule has 0 bridgehead atoms. The lowest BCUT2D eigenvalue weighted by atomic mass is 9.67. The third-order valence-electron chi connectivity index (χ3n) is 6.13. The highest BCUT2D eigenvalue weighted by atomic mass is 16.5. The van der Waals surface area contributed by atoms with Gasteiger partial charge in [0.25, 0.3) is 5.91 Å². The lowest BCUT2D eigenvalue weighted by molar-refractivity contribution is -0.142. The summed E-state index contributed by atoms with van der Waals surface area (Å²) < 4.78 is 4.84. The molecular formula is C20H26N6O3. The molecule has 2 atom stereocenters. The fraction of sp³-hybridized carbons (Fsp3) is 0.500. The van der Waals surface area contributed by atoms with Crippen molar-refractivity contribution < 1.29 is 14.1 Å². The molecule has 2 aromatic rings. The quantitative estimate of drug-likeness (QED) is 0.785. The van der Waals surface area contributed by atoms with Crippen LogP contribution in [0, 0.1) is 5.41 Å². The molecule has 0 aliphatic carbocycles. The van der Waals surface area contributed by atoms with Gasteiger partial charge in [-0.2, -0.15) is 0 Å². The van der Waals surface area contributed by atoms with Gasteiger partial charge in [0.15, 0.2) is 0 Å². The first-order valence-corrected chi connectivity index (χ1v) is 9.88. The fourth-order valence-corrected chi connectivity index (χ4v) is 4.52. The molecule has 154 valence electrons. The topological polar surface area (TPSA) is 118 Å². The molecule has 3 N–H and O–H groups in total. The number of aromatic nitrogens is 2. The Morgan fingerprint density at radius 3 is 2.90 bits per heavy atom. The SMILES string of the molecule is CN1CC[C@]2(C(=O)NCc3ccon3)CCCN(C(=O)c3ccc(N)nc3)[C@H]2C1. The summed E-state index contributed by atoms with van der Waals surface area (Å²) in [4.78, 5) is 34.7. The van der Waals surface area contributed by atoms with E-state index in [2.05, 4.69) is 20.4 Å².